The minimum Gasteiger partial charge on any atom is -0.346 e. The second-order valence-corrected chi connectivity index (χ2v) is 9.00. The number of imidazole rings is 1. The summed E-state index contributed by atoms with van der Waals surface area (Å²) in [5.41, 5.74) is 3.12. The van der Waals surface area contributed by atoms with Crippen LogP contribution in [0.2, 0.25) is 5.15 Å². The predicted octanol–water partition coefficient (Wildman–Crippen LogP) is 4.65. The highest BCUT2D eigenvalue weighted by atomic mass is 35.5. The number of carbonyl (C=O) groups is 2. The molecule has 0 unspecified atom stereocenters. The van der Waals surface area contributed by atoms with Gasteiger partial charge in [-0.1, -0.05) is 48.0 Å². The number of nitrogens with zero attached hydrogens (tertiary/aromatic N) is 2. The van der Waals surface area contributed by atoms with Gasteiger partial charge in [0.25, 0.3) is 0 Å². The molecule has 3 atom stereocenters. The summed E-state index contributed by atoms with van der Waals surface area (Å²) in [4.78, 5) is 29.5. The Morgan fingerprint density at radius 1 is 1.16 bits per heavy atom. The first-order valence-corrected chi connectivity index (χ1v) is 11.4. The van der Waals surface area contributed by atoms with E-state index in [0.717, 1.165) is 36.9 Å². The third-order valence-electron chi connectivity index (χ3n) is 6.30. The summed E-state index contributed by atoms with van der Waals surface area (Å²) in [6, 6.07) is 13.8. The minimum absolute atomic E-state index is 0.00903. The summed E-state index contributed by atoms with van der Waals surface area (Å²) < 4.78 is 1.80. The number of benzene rings is 1. The Bertz CT molecular complexity index is 1060. The summed E-state index contributed by atoms with van der Waals surface area (Å²) in [5, 5.41) is 3.50. The van der Waals surface area contributed by atoms with Gasteiger partial charge in [0.15, 0.2) is 5.78 Å². The Kier molecular flexibility index (Phi) is 6.71. The Morgan fingerprint density at radius 2 is 1.97 bits per heavy atom. The molecule has 0 radical (unpaired) electrons. The Labute approximate surface area is 187 Å². The molecule has 1 fully saturated rings. The summed E-state index contributed by atoms with van der Waals surface area (Å²) in [7, 11) is 0. The molecule has 1 amide bonds. The largest absolute Gasteiger partial charge is 0.346 e. The van der Waals surface area contributed by atoms with Crippen molar-refractivity contribution < 1.29 is 9.59 Å². The van der Waals surface area contributed by atoms with Crippen molar-refractivity contribution in [2.24, 2.45) is 11.8 Å². The average Bonchev–Trinajstić information content (AvgIpc) is 3.39. The zero-order valence-corrected chi connectivity index (χ0v) is 18.5. The van der Waals surface area contributed by atoms with Crippen LogP contribution in [0.5, 0.6) is 0 Å². The molecule has 0 aliphatic heterocycles. The van der Waals surface area contributed by atoms with Gasteiger partial charge < -0.3 is 5.32 Å². The van der Waals surface area contributed by atoms with Gasteiger partial charge in [-0.05, 0) is 62.1 Å². The number of Topliss-reactive ketones (excluding diaryl/α,β-unsaturated/α-hetero) is 1. The molecule has 1 aromatic carbocycles. The molecule has 6 heteroatoms. The number of pyridine rings is 1. The van der Waals surface area contributed by atoms with Crippen LogP contribution in [-0.2, 0) is 22.4 Å². The lowest BCUT2D eigenvalue weighted by Crippen LogP contribution is -2.41. The van der Waals surface area contributed by atoms with Crippen LogP contribution in [-0.4, -0.2) is 27.1 Å². The van der Waals surface area contributed by atoms with E-state index in [1.807, 2.05) is 24.4 Å². The molecule has 1 saturated carbocycles. The van der Waals surface area contributed by atoms with Crippen LogP contribution in [0.3, 0.4) is 0 Å². The highest BCUT2D eigenvalue weighted by Crippen LogP contribution is 2.33. The lowest BCUT2D eigenvalue weighted by Gasteiger charge is -2.17. The number of carbonyl (C=O) groups excluding carboxylic acids is 2. The van der Waals surface area contributed by atoms with Crippen molar-refractivity contribution in [3.05, 3.63) is 71.1 Å². The molecule has 4 rings (SSSR count). The first-order valence-electron chi connectivity index (χ1n) is 11.0. The normalized spacial score (nSPS) is 19.4. The Hall–Kier alpha value is -2.66. The summed E-state index contributed by atoms with van der Waals surface area (Å²) in [5.74, 6) is 0.607. The van der Waals surface area contributed by atoms with Gasteiger partial charge in [0.2, 0.25) is 5.91 Å². The van der Waals surface area contributed by atoms with Gasteiger partial charge in [-0.15, -0.1) is 0 Å². The summed E-state index contributed by atoms with van der Waals surface area (Å²) in [6.07, 6.45) is 8.37. The van der Waals surface area contributed by atoms with E-state index in [-0.39, 0.29) is 17.6 Å². The Morgan fingerprint density at radius 3 is 2.77 bits per heavy atom. The van der Waals surface area contributed by atoms with Crippen LogP contribution >= 0.6 is 11.6 Å². The van der Waals surface area contributed by atoms with Crippen molar-refractivity contribution in [1.29, 1.82) is 0 Å². The van der Waals surface area contributed by atoms with E-state index in [2.05, 4.69) is 34.6 Å². The number of aromatic nitrogens is 2. The second-order valence-electron chi connectivity index (χ2n) is 8.61. The fourth-order valence-corrected chi connectivity index (χ4v) is 4.67. The van der Waals surface area contributed by atoms with Gasteiger partial charge in [0.1, 0.15) is 10.8 Å². The maximum absolute atomic E-state index is 12.7. The number of hydrogen-bond acceptors (Lipinski definition) is 3. The first kappa shape index (κ1) is 21.6. The fraction of sp³-hybridized carbons (Fsp3) is 0.400. The molecule has 0 bridgehead atoms. The molecule has 162 valence electrons. The van der Waals surface area contributed by atoms with Gasteiger partial charge in [-0.2, -0.15) is 0 Å². The number of amides is 1. The molecule has 1 aliphatic carbocycles. The fourth-order valence-electron chi connectivity index (χ4n) is 4.48. The Balaban J connectivity index is 1.24. The van der Waals surface area contributed by atoms with E-state index < -0.39 is 6.04 Å². The number of nitrogens with one attached hydrogen (secondary N) is 1. The minimum atomic E-state index is -0.471. The summed E-state index contributed by atoms with van der Waals surface area (Å²) in [6.45, 7) is 1.78. The van der Waals surface area contributed by atoms with E-state index in [4.69, 9.17) is 11.6 Å². The molecule has 2 aromatic heterocycles. The SMILES string of the molecule is C[C@H](NC(=O)[C@@H]1CC[C@@H](Cc2ccccc2)C1)C(=O)CCc1ccc2ncc(Cl)n2c1. The molecular weight excluding hydrogens is 410 g/mol. The van der Waals surface area contributed by atoms with Gasteiger partial charge in [0, 0.05) is 18.5 Å². The van der Waals surface area contributed by atoms with Gasteiger partial charge >= 0.3 is 0 Å². The van der Waals surface area contributed by atoms with Crippen molar-refractivity contribution >= 4 is 28.9 Å². The maximum Gasteiger partial charge on any atom is 0.223 e. The van der Waals surface area contributed by atoms with Crippen molar-refractivity contribution in [3.8, 4) is 0 Å². The first-order chi connectivity index (χ1) is 15.0. The topological polar surface area (TPSA) is 63.5 Å². The number of hydrogen-bond donors (Lipinski definition) is 1. The van der Waals surface area contributed by atoms with E-state index in [9.17, 15) is 9.59 Å². The lowest BCUT2D eigenvalue weighted by atomic mass is 9.96. The van der Waals surface area contributed by atoms with E-state index >= 15 is 0 Å². The third kappa shape index (κ3) is 5.34. The average molecular weight is 438 g/mol. The molecule has 1 N–H and O–H groups in total. The van der Waals surface area contributed by atoms with Gasteiger partial charge in [-0.3, -0.25) is 14.0 Å². The van der Waals surface area contributed by atoms with Crippen molar-refractivity contribution in [3.63, 3.8) is 0 Å². The highest BCUT2D eigenvalue weighted by molar-refractivity contribution is 6.29. The van der Waals surface area contributed by atoms with Crippen molar-refractivity contribution in [2.45, 2.75) is 51.5 Å². The molecule has 3 aromatic rings. The van der Waals surface area contributed by atoms with Crippen LogP contribution in [0.4, 0.5) is 0 Å². The van der Waals surface area contributed by atoms with E-state index in [1.54, 1.807) is 17.5 Å². The maximum atomic E-state index is 12.7. The number of ketones is 1. The van der Waals surface area contributed by atoms with E-state index in [1.165, 1.54) is 5.56 Å². The molecule has 0 saturated heterocycles. The zero-order chi connectivity index (χ0) is 21.8. The van der Waals surface area contributed by atoms with Crippen LogP contribution in [0.25, 0.3) is 5.65 Å². The monoisotopic (exact) mass is 437 g/mol. The smallest absolute Gasteiger partial charge is 0.223 e. The number of halogens is 1. The molecule has 1 aliphatic rings. The molecule has 5 nitrogen and oxygen atoms in total. The van der Waals surface area contributed by atoms with E-state index in [0.29, 0.717) is 23.9 Å². The highest BCUT2D eigenvalue weighted by Gasteiger charge is 2.31. The predicted molar refractivity (Wildman–Crippen MR) is 122 cm³/mol. The van der Waals surface area contributed by atoms with Crippen LogP contribution in [0.15, 0.2) is 54.9 Å². The summed E-state index contributed by atoms with van der Waals surface area (Å²) >= 11 is 6.12. The molecule has 2 heterocycles. The van der Waals surface area contributed by atoms with Crippen LogP contribution in [0.1, 0.15) is 43.7 Å². The second kappa shape index (κ2) is 9.65. The number of fused-ring (bicyclic) bond motifs is 1. The number of aryl methyl sites for hydroxylation is 1. The third-order valence-corrected chi connectivity index (χ3v) is 6.58. The quantitative estimate of drug-likeness (QED) is 0.557. The van der Waals surface area contributed by atoms with Crippen molar-refractivity contribution in [1.82, 2.24) is 14.7 Å². The number of rotatable bonds is 8. The standard InChI is InChI=1S/C25H28ClN3O2/c1-17(22(30)11-8-19-9-12-24-27-15-23(26)29(24)16-19)28-25(31)21-10-7-20(14-21)13-18-5-3-2-4-6-18/h2-6,9,12,15-17,20-21H,7-8,10-11,13-14H2,1H3,(H,28,31)/t17-,20-,21+/m0/s1. The van der Waals surface area contributed by atoms with Crippen LogP contribution < -0.4 is 5.32 Å². The van der Waals surface area contributed by atoms with Gasteiger partial charge in [-0.25, -0.2) is 4.98 Å². The zero-order valence-electron chi connectivity index (χ0n) is 17.8. The molecule has 0 spiro atoms. The molecular formula is C25H28ClN3O2. The van der Waals surface area contributed by atoms with Gasteiger partial charge in [0.05, 0.1) is 12.2 Å². The van der Waals surface area contributed by atoms with Crippen molar-refractivity contribution in [2.75, 3.05) is 0 Å². The lowest BCUT2D eigenvalue weighted by molar-refractivity contribution is -0.129. The van der Waals surface area contributed by atoms with Crippen LogP contribution in [0, 0.1) is 11.8 Å². The molecule has 31 heavy (non-hydrogen) atoms.